The second-order valence-corrected chi connectivity index (χ2v) is 10.00. The highest BCUT2D eigenvalue weighted by Crippen LogP contribution is 2.40. The van der Waals surface area contributed by atoms with Gasteiger partial charge in [0, 0.05) is 49.6 Å². The van der Waals surface area contributed by atoms with Crippen molar-refractivity contribution in [2.75, 3.05) is 26.3 Å². The van der Waals surface area contributed by atoms with Gasteiger partial charge in [0.15, 0.2) is 0 Å². The zero-order valence-electron chi connectivity index (χ0n) is 19.9. The van der Waals surface area contributed by atoms with Crippen LogP contribution in [0, 0.1) is 12.8 Å². The Balaban J connectivity index is 1.43. The van der Waals surface area contributed by atoms with Crippen LogP contribution in [0.2, 0.25) is 0 Å². The summed E-state index contributed by atoms with van der Waals surface area (Å²) in [5, 5.41) is 11.0. The Morgan fingerprint density at radius 1 is 1.17 bits per heavy atom. The van der Waals surface area contributed by atoms with E-state index in [4.69, 9.17) is 4.74 Å². The number of rotatable bonds is 3. The molecule has 2 aromatic heterocycles. The molecule has 2 amide bonds. The molecule has 0 saturated carbocycles. The largest absolute Gasteiger partial charge is 0.465 e. The van der Waals surface area contributed by atoms with E-state index in [1.54, 1.807) is 4.90 Å². The molecule has 2 N–H and O–H groups in total. The zero-order valence-corrected chi connectivity index (χ0v) is 19.9. The van der Waals surface area contributed by atoms with Gasteiger partial charge in [-0.05, 0) is 72.6 Å². The molecular formula is C27H30N4O4. The van der Waals surface area contributed by atoms with Crippen LogP contribution in [-0.4, -0.2) is 63.2 Å². The SMILES string of the molecule is Cc1c[nH]c2ncc(-c3cc4c(c([C@@H]5CCCN5C(=O)O)c3)CN(C(=O)[C@H]3CCOC3)CC4)cc12. The molecule has 35 heavy (non-hydrogen) atoms. The molecule has 3 aliphatic heterocycles. The van der Waals surface area contributed by atoms with E-state index < -0.39 is 6.09 Å². The van der Waals surface area contributed by atoms with Crippen LogP contribution in [-0.2, 0) is 22.5 Å². The van der Waals surface area contributed by atoms with E-state index in [9.17, 15) is 14.7 Å². The normalized spacial score (nSPS) is 22.1. The van der Waals surface area contributed by atoms with Crippen molar-refractivity contribution < 1.29 is 19.4 Å². The molecule has 0 radical (unpaired) electrons. The van der Waals surface area contributed by atoms with Gasteiger partial charge in [-0.2, -0.15) is 0 Å². The average Bonchev–Trinajstić information content (AvgIpc) is 3.64. The number of amides is 2. The Morgan fingerprint density at radius 2 is 2.06 bits per heavy atom. The maximum atomic E-state index is 13.2. The van der Waals surface area contributed by atoms with E-state index in [1.165, 1.54) is 5.56 Å². The van der Waals surface area contributed by atoms with Crippen LogP contribution >= 0.6 is 0 Å². The Morgan fingerprint density at radius 3 is 2.86 bits per heavy atom. The minimum Gasteiger partial charge on any atom is -0.465 e. The number of benzene rings is 1. The fourth-order valence-electron chi connectivity index (χ4n) is 5.95. The number of carbonyl (C=O) groups is 2. The maximum absolute atomic E-state index is 13.2. The number of hydrogen-bond donors (Lipinski definition) is 2. The van der Waals surface area contributed by atoms with E-state index in [0.29, 0.717) is 32.8 Å². The molecule has 2 saturated heterocycles. The summed E-state index contributed by atoms with van der Waals surface area (Å²) in [7, 11) is 0. The van der Waals surface area contributed by atoms with E-state index in [-0.39, 0.29) is 17.9 Å². The fourth-order valence-corrected chi connectivity index (χ4v) is 5.95. The molecule has 8 heteroatoms. The monoisotopic (exact) mass is 474 g/mol. The van der Waals surface area contributed by atoms with Crippen LogP contribution in [0.15, 0.2) is 30.6 Å². The van der Waals surface area contributed by atoms with Crippen molar-refractivity contribution in [2.24, 2.45) is 5.92 Å². The van der Waals surface area contributed by atoms with Crippen molar-refractivity contribution in [1.29, 1.82) is 0 Å². The molecule has 0 spiro atoms. The highest BCUT2D eigenvalue weighted by molar-refractivity contribution is 5.85. The van der Waals surface area contributed by atoms with Crippen molar-refractivity contribution in [3.63, 3.8) is 0 Å². The van der Waals surface area contributed by atoms with Crippen molar-refractivity contribution in [1.82, 2.24) is 19.8 Å². The van der Waals surface area contributed by atoms with Gasteiger partial charge >= 0.3 is 6.09 Å². The number of H-pyrrole nitrogens is 1. The van der Waals surface area contributed by atoms with Gasteiger partial charge in [0.05, 0.1) is 18.6 Å². The number of aromatic nitrogens is 2. The predicted octanol–water partition coefficient (Wildman–Crippen LogP) is 4.27. The molecule has 8 nitrogen and oxygen atoms in total. The Kier molecular flexibility index (Phi) is 5.48. The van der Waals surface area contributed by atoms with E-state index >= 15 is 0 Å². The summed E-state index contributed by atoms with van der Waals surface area (Å²) in [5.41, 5.74) is 7.42. The molecule has 0 bridgehead atoms. The van der Waals surface area contributed by atoms with Crippen molar-refractivity contribution in [3.05, 3.63) is 52.8 Å². The Bertz CT molecular complexity index is 1310. The lowest BCUT2D eigenvalue weighted by Crippen LogP contribution is -2.41. The summed E-state index contributed by atoms with van der Waals surface area (Å²) in [6.07, 6.45) is 6.13. The average molecular weight is 475 g/mol. The first-order valence-electron chi connectivity index (χ1n) is 12.5. The van der Waals surface area contributed by atoms with Gasteiger partial charge in [-0.1, -0.05) is 6.07 Å². The Labute approximate surface area is 203 Å². The van der Waals surface area contributed by atoms with Crippen LogP contribution in [0.1, 0.15) is 47.6 Å². The summed E-state index contributed by atoms with van der Waals surface area (Å²) >= 11 is 0. The third-order valence-electron chi connectivity index (χ3n) is 7.90. The minimum absolute atomic E-state index is 0.0661. The van der Waals surface area contributed by atoms with Crippen LogP contribution in [0.5, 0.6) is 0 Å². The molecule has 2 atom stereocenters. The molecule has 5 heterocycles. The smallest absolute Gasteiger partial charge is 0.407 e. The summed E-state index contributed by atoms with van der Waals surface area (Å²) < 4.78 is 5.45. The maximum Gasteiger partial charge on any atom is 0.407 e. The van der Waals surface area contributed by atoms with Crippen LogP contribution in [0.4, 0.5) is 4.79 Å². The van der Waals surface area contributed by atoms with Gasteiger partial charge in [-0.3, -0.25) is 4.79 Å². The van der Waals surface area contributed by atoms with E-state index in [1.807, 2.05) is 17.3 Å². The zero-order chi connectivity index (χ0) is 24.1. The molecule has 0 aliphatic carbocycles. The molecular weight excluding hydrogens is 444 g/mol. The molecule has 182 valence electrons. The predicted molar refractivity (Wildman–Crippen MR) is 131 cm³/mol. The van der Waals surface area contributed by atoms with Crippen LogP contribution in [0.3, 0.4) is 0 Å². The third kappa shape index (κ3) is 3.86. The number of carbonyl (C=O) groups excluding carboxylic acids is 1. The van der Waals surface area contributed by atoms with Gasteiger partial charge in [0.25, 0.3) is 0 Å². The van der Waals surface area contributed by atoms with Gasteiger partial charge in [-0.15, -0.1) is 0 Å². The van der Waals surface area contributed by atoms with Crippen LogP contribution in [0.25, 0.3) is 22.2 Å². The third-order valence-corrected chi connectivity index (χ3v) is 7.90. The molecule has 1 aromatic carbocycles. The van der Waals surface area contributed by atoms with Gasteiger partial charge in [0.1, 0.15) is 5.65 Å². The van der Waals surface area contributed by atoms with Gasteiger partial charge in [0.2, 0.25) is 5.91 Å². The highest BCUT2D eigenvalue weighted by atomic mass is 16.5. The van der Waals surface area contributed by atoms with Crippen molar-refractivity contribution in [3.8, 4) is 11.1 Å². The number of likely N-dealkylation sites (tertiary alicyclic amines) is 1. The second-order valence-electron chi connectivity index (χ2n) is 10.00. The minimum atomic E-state index is -0.885. The topological polar surface area (TPSA) is 98.8 Å². The number of aromatic amines is 1. The molecule has 6 rings (SSSR count). The summed E-state index contributed by atoms with van der Waals surface area (Å²) in [4.78, 5) is 36.5. The summed E-state index contributed by atoms with van der Waals surface area (Å²) in [6, 6.07) is 6.31. The summed E-state index contributed by atoms with van der Waals surface area (Å²) in [5.74, 6) is 0.0888. The number of carboxylic acid groups (broad SMARTS) is 1. The first kappa shape index (κ1) is 22.1. The van der Waals surface area contributed by atoms with Gasteiger partial charge < -0.3 is 24.6 Å². The second kappa shape index (κ2) is 8.68. The Hall–Kier alpha value is -3.39. The standard InChI is InChI=1S/C27H30N4O4/c1-16-12-28-25-21(16)11-20(13-29-25)19-9-17-4-7-30(26(32)18-5-8-35-15-18)14-23(17)22(10-19)24-3-2-6-31(24)27(33)34/h9-13,18,24H,2-8,14-15H2,1H3,(H,28,29)(H,33,34)/t18-,24-/m0/s1. The number of nitrogens with one attached hydrogen (secondary N) is 1. The van der Waals surface area contributed by atoms with Gasteiger partial charge in [-0.25, -0.2) is 9.78 Å². The molecule has 0 unspecified atom stereocenters. The number of pyridine rings is 1. The number of ether oxygens (including phenoxy) is 1. The first-order valence-corrected chi connectivity index (χ1v) is 12.5. The number of fused-ring (bicyclic) bond motifs is 2. The van der Waals surface area contributed by atoms with Crippen LogP contribution < -0.4 is 0 Å². The van der Waals surface area contributed by atoms with Crippen molar-refractivity contribution in [2.45, 2.75) is 45.2 Å². The lowest BCUT2D eigenvalue weighted by Gasteiger charge is -2.34. The summed E-state index contributed by atoms with van der Waals surface area (Å²) in [6.45, 7) is 4.94. The lowest BCUT2D eigenvalue weighted by atomic mass is 9.86. The lowest BCUT2D eigenvalue weighted by molar-refractivity contribution is -0.136. The number of hydrogen-bond acceptors (Lipinski definition) is 4. The number of aryl methyl sites for hydroxylation is 1. The fraction of sp³-hybridized carbons (Fsp3) is 0.444. The quantitative estimate of drug-likeness (QED) is 0.591. The van der Waals surface area contributed by atoms with Crippen molar-refractivity contribution >= 4 is 23.0 Å². The first-order chi connectivity index (χ1) is 17.0. The van der Waals surface area contributed by atoms with E-state index in [0.717, 1.165) is 64.5 Å². The molecule has 3 aliphatic rings. The molecule has 2 fully saturated rings. The van der Waals surface area contributed by atoms with E-state index in [2.05, 4.69) is 35.1 Å². The highest BCUT2D eigenvalue weighted by Gasteiger charge is 2.35. The molecule has 3 aromatic rings. The number of nitrogens with zero attached hydrogens (tertiary/aromatic N) is 3.